The van der Waals surface area contributed by atoms with E-state index in [1.165, 1.54) is 12.4 Å². The monoisotopic (exact) mass is 299 g/mol. The fourth-order valence-corrected chi connectivity index (χ4v) is 2.80. The minimum atomic E-state index is -0.183. The molecule has 1 N–H and O–H groups in total. The van der Waals surface area contributed by atoms with Crippen LogP contribution in [0.4, 0.5) is 4.39 Å². The Kier molecular flexibility index (Phi) is 4.33. The number of hydrogen-bond acceptors (Lipinski definition) is 4. The van der Waals surface area contributed by atoms with E-state index < -0.39 is 0 Å². The molecule has 0 fully saturated rings. The van der Waals surface area contributed by atoms with Crippen LogP contribution in [0.1, 0.15) is 11.3 Å². The Hall–Kier alpha value is -2.11. The summed E-state index contributed by atoms with van der Waals surface area (Å²) in [5, 5.41) is 5.25. The SMILES string of the molecule is Fc1ccc(CNCc2ccncn2)cc1-c1cccs1. The van der Waals surface area contributed by atoms with Gasteiger partial charge in [0.05, 0.1) is 5.69 Å². The van der Waals surface area contributed by atoms with E-state index in [-0.39, 0.29) is 5.82 Å². The molecular weight excluding hydrogens is 285 g/mol. The van der Waals surface area contributed by atoms with Crippen LogP contribution >= 0.6 is 11.3 Å². The molecule has 0 aliphatic carbocycles. The van der Waals surface area contributed by atoms with Crippen LogP contribution in [0.15, 0.2) is 54.3 Å². The van der Waals surface area contributed by atoms with Crippen molar-refractivity contribution in [2.75, 3.05) is 0 Å². The summed E-state index contributed by atoms with van der Waals surface area (Å²) in [4.78, 5) is 8.98. The van der Waals surface area contributed by atoms with Crippen LogP contribution in [0, 0.1) is 5.82 Å². The Balaban J connectivity index is 1.68. The third kappa shape index (κ3) is 3.51. The van der Waals surface area contributed by atoms with Crippen molar-refractivity contribution in [2.24, 2.45) is 0 Å². The lowest BCUT2D eigenvalue weighted by molar-refractivity contribution is 0.628. The van der Waals surface area contributed by atoms with E-state index in [0.717, 1.165) is 16.1 Å². The molecule has 0 saturated carbocycles. The molecule has 0 atom stereocenters. The Labute approximate surface area is 126 Å². The highest BCUT2D eigenvalue weighted by molar-refractivity contribution is 7.13. The zero-order valence-electron chi connectivity index (χ0n) is 11.3. The molecule has 2 aromatic heterocycles. The van der Waals surface area contributed by atoms with Gasteiger partial charge in [0, 0.05) is 29.7 Å². The Morgan fingerprint density at radius 2 is 2.10 bits per heavy atom. The second-order valence-corrected chi connectivity index (χ2v) is 5.54. The maximum atomic E-state index is 13.9. The molecule has 0 spiro atoms. The molecule has 106 valence electrons. The normalized spacial score (nSPS) is 10.7. The average Bonchev–Trinajstić information content (AvgIpc) is 3.04. The largest absolute Gasteiger partial charge is 0.307 e. The number of benzene rings is 1. The molecule has 0 unspecified atom stereocenters. The van der Waals surface area contributed by atoms with Crippen LogP contribution in [0.3, 0.4) is 0 Å². The van der Waals surface area contributed by atoms with Gasteiger partial charge >= 0.3 is 0 Å². The number of halogens is 1. The summed E-state index contributed by atoms with van der Waals surface area (Å²) < 4.78 is 13.9. The molecule has 0 saturated heterocycles. The molecule has 3 nitrogen and oxygen atoms in total. The molecule has 0 aliphatic heterocycles. The molecule has 3 aromatic rings. The molecular formula is C16H14FN3S. The highest BCUT2D eigenvalue weighted by Crippen LogP contribution is 2.28. The lowest BCUT2D eigenvalue weighted by atomic mass is 10.1. The Morgan fingerprint density at radius 3 is 2.86 bits per heavy atom. The summed E-state index contributed by atoms with van der Waals surface area (Å²) in [5.41, 5.74) is 2.64. The maximum absolute atomic E-state index is 13.9. The zero-order valence-corrected chi connectivity index (χ0v) is 12.1. The number of nitrogens with one attached hydrogen (secondary N) is 1. The zero-order chi connectivity index (χ0) is 14.5. The second kappa shape index (κ2) is 6.56. The van der Waals surface area contributed by atoms with Crippen LogP contribution in [0.25, 0.3) is 10.4 Å². The smallest absolute Gasteiger partial charge is 0.131 e. The van der Waals surface area contributed by atoms with E-state index in [4.69, 9.17) is 0 Å². The summed E-state index contributed by atoms with van der Waals surface area (Å²) in [6, 6.07) is 11.0. The van der Waals surface area contributed by atoms with Gasteiger partial charge in [0.2, 0.25) is 0 Å². The minimum absolute atomic E-state index is 0.183. The number of aromatic nitrogens is 2. The molecule has 1 aromatic carbocycles. The highest BCUT2D eigenvalue weighted by atomic mass is 32.1. The average molecular weight is 299 g/mol. The first-order valence-electron chi connectivity index (χ1n) is 6.61. The summed E-state index contributed by atoms with van der Waals surface area (Å²) in [5.74, 6) is -0.183. The molecule has 21 heavy (non-hydrogen) atoms. The van der Waals surface area contributed by atoms with E-state index >= 15 is 0 Å². The number of hydrogen-bond donors (Lipinski definition) is 1. The molecule has 0 amide bonds. The predicted molar refractivity (Wildman–Crippen MR) is 82.3 cm³/mol. The van der Waals surface area contributed by atoms with Gasteiger partial charge in [-0.25, -0.2) is 14.4 Å². The van der Waals surface area contributed by atoms with Gasteiger partial charge in [-0.05, 0) is 35.2 Å². The first-order chi connectivity index (χ1) is 10.3. The van der Waals surface area contributed by atoms with Crippen molar-refractivity contribution in [3.05, 3.63) is 71.4 Å². The van der Waals surface area contributed by atoms with Gasteiger partial charge in [0.1, 0.15) is 12.1 Å². The quantitative estimate of drug-likeness (QED) is 0.781. The molecule has 2 heterocycles. The maximum Gasteiger partial charge on any atom is 0.131 e. The van der Waals surface area contributed by atoms with Crippen LogP contribution in [0.5, 0.6) is 0 Å². The van der Waals surface area contributed by atoms with Gasteiger partial charge in [-0.3, -0.25) is 0 Å². The van der Waals surface area contributed by atoms with E-state index in [0.29, 0.717) is 18.7 Å². The summed E-state index contributed by atoms with van der Waals surface area (Å²) >= 11 is 1.54. The van der Waals surface area contributed by atoms with Crippen LogP contribution in [-0.4, -0.2) is 9.97 Å². The number of thiophene rings is 1. The minimum Gasteiger partial charge on any atom is -0.307 e. The van der Waals surface area contributed by atoms with Crippen molar-refractivity contribution >= 4 is 11.3 Å². The van der Waals surface area contributed by atoms with Crippen LogP contribution in [-0.2, 0) is 13.1 Å². The van der Waals surface area contributed by atoms with Gasteiger partial charge in [0.25, 0.3) is 0 Å². The lowest BCUT2D eigenvalue weighted by Gasteiger charge is -2.07. The summed E-state index contributed by atoms with van der Waals surface area (Å²) in [6.45, 7) is 1.33. The van der Waals surface area contributed by atoms with Crippen molar-refractivity contribution < 1.29 is 4.39 Å². The second-order valence-electron chi connectivity index (χ2n) is 4.60. The van der Waals surface area contributed by atoms with Crippen molar-refractivity contribution in [1.29, 1.82) is 0 Å². The van der Waals surface area contributed by atoms with Gasteiger partial charge in [-0.1, -0.05) is 12.1 Å². The van der Waals surface area contributed by atoms with Gasteiger partial charge < -0.3 is 5.32 Å². The summed E-state index contributed by atoms with van der Waals surface area (Å²) in [7, 11) is 0. The fraction of sp³-hybridized carbons (Fsp3) is 0.125. The third-order valence-electron chi connectivity index (χ3n) is 3.10. The highest BCUT2D eigenvalue weighted by Gasteiger charge is 2.07. The lowest BCUT2D eigenvalue weighted by Crippen LogP contribution is -2.13. The fourth-order valence-electron chi connectivity index (χ4n) is 2.06. The van der Waals surface area contributed by atoms with Crippen LogP contribution < -0.4 is 5.32 Å². The van der Waals surface area contributed by atoms with Gasteiger partial charge in [-0.15, -0.1) is 11.3 Å². The van der Waals surface area contributed by atoms with Crippen LogP contribution in [0.2, 0.25) is 0 Å². The molecule has 0 bridgehead atoms. The van der Waals surface area contributed by atoms with E-state index in [1.807, 2.05) is 29.6 Å². The standard InChI is InChI=1S/C16H14FN3S/c17-15-4-3-12(8-14(15)16-2-1-7-21-16)9-19-10-13-5-6-18-11-20-13/h1-8,11,19H,9-10H2. The van der Waals surface area contributed by atoms with E-state index in [9.17, 15) is 4.39 Å². The van der Waals surface area contributed by atoms with Crippen molar-refractivity contribution in [2.45, 2.75) is 13.1 Å². The number of nitrogens with zero attached hydrogens (tertiary/aromatic N) is 2. The number of rotatable bonds is 5. The molecule has 3 rings (SSSR count). The summed E-state index contributed by atoms with van der Waals surface area (Å²) in [6.07, 6.45) is 3.25. The topological polar surface area (TPSA) is 37.8 Å². The molecule has 0 aliphatic rings. The first kappa shape index (κ1) is 13.9. The van der Waals surface area contributed by atoms with Crippen molar-refractivity contribution in [3.8, 4) is 10.4 Å². The van der Waals surface area contributed by atoms with E-state index in [1.54, 1.807) is 23.6 Å². The first-order valence-corrected chi connectivity index (χ1v) is 7.49. The molecule has 5 heteroatoms. The van der Waals surface area contributed by atoms with Gasteiger partial charge in [-0.2, -0.15) is 0 Å². The third-order valence-corrected chi connectivity index (χ3v) is 4.00. The Bertz CT molecular complexity index is 699. The van der Waals surface area contributed by atoms with Crippen molar-refractivity contribution in [1.82, 2.24) is 15.3 Å². The Morgan fingerprint density at radius 1 is 1.14 bits per heavy atom. The van der Waals surface area contributed by atoms with E-state index in [2.05, 4.69) is 15.3 Å². The predicted octanol–water partition coefficient (Wildman–Crippen LogP) is 3.63. The van der Waals surface area contributed by atoms with Gasteiger partial charge in [0.15, 0.2) is 0 Å². The van der Waals surface area contributed by atoms with Crippen molar-refractivity contribution in [3.63, 3.8) is 0 Å². The molecule has 0 radical (unpaired) electrons.